The number of aromatic nitrogens is 2. The Hall–Kier alpha value is -1.29. The number of aliphatic hydroxyl groups excluding tert-OH is 1. The van der Waals surface area contributed by atoms with Crippen LogP contribution in [0.4, 0.5) is 0 Å². The van der Waals surface area contributed by atoms with Crippen LogP contribution in [-0.4, -0.2) is 53.0 Å². The maximum absolute atomic E-state index is 12.2. The number of thiophene rings is 1. The molecule has 2 aromatic heterocycles. The van der Waals surface area contributed by atoms with Crippen molar-refractivity contribution in [3.05, 3.63) is 44.5 Å². The van der Waals surface area contributed by atoms with Gasteiger partial charge in [0, 0.05) is 17.5 Å². The van der Waals surface area contributed by atoms with Crippen molar-refractivity contribution < 1.29 is 56.3 Å². The third-order valence-corrected chi connectivity index (χ3v) is 8.79. The molecule has 0 saturated carbocycles. The van der Waals surface area contributed by atoms with Crippen LogP contribution in [0, 0.1) is 0 Å². The average molecular weight is 550 g/mol. The van der Waals surface area contributed by atoms with Crippen molar-refractivity contribution in [3.63, 3.8) is 0 Å². The summed E-state index contributed by atoms with van der Waals surface area (Å²) in [6.45, 7) is -0.892. The zero-order valence-electron chi connectivity index (χ0n) is 16.1. The second-order valence-electron chi connectivity index (χ2n) is 6.51. The van der Waals surface area contributed by atoms with Crippen LogP contribution in [0.25, 0.3) is 10.4 Å². The highest BCUT2D eigenvalue weighted by Crippen LogP contribution is 2.66. The molecule has 184 valence electrons. The third-order valence-electron chi connectivity index (χ3n) is 4.09. The number of ether oxygens (including phenoxy) is 1. The second-order valence-corrected chi connectivity index (χ2v) is 11.9. The van der Waals surface area contributed by atoms with Gasteiger partial charge in [0.2, 0.25) is 0 Å². The number of hydrogen-bond donors (Lipinski definition) is 6. The van der Waals surface area contributed by atoms with Crippen LogP contribution < -0.4 is 11.2 Å². The standard InChI is InChI=1S/C13H17N2O14P3S/c16-8-4-11(15-5-7(10-2-1-3-33-10)12(17)14-13(15)18)27-9(8)6-26-31(22,23)29-32(24,25)28-30(19,20)21/h1-3,5,8-9,11,16H,4,6H2,(H,22,23)(H,24,25)(H,14,17,18)(H2,19,20,21)/t8-,9+,11+/m0/s1. The first-order chi connectivity index (χ1) is 15.2. The van der Waals surface area contributed by atoms with Crippen LogP contribution in [0.1, 0.15) is 12.6 Å². The predicted molar refractivity (Wildman–Crippen MR) is 109 cm³/mol. The molecule has 16 nitrogen and oxygen atoms in total. The summed E-state index contributed by atoms with van der Waals surface area (Å²) in [5, 5.41) is 11.9. The van der Waals surface area contributed by atoms with Crippen molar-refractivity contribution in [1.29, 1.82) is 0 Å². The number of H-pyrrole nitrogens is 1. The summed E-state index contributed by atoms with van der Waals surface area (Å²) >= 11 is 1.25. The minimum Gasteiger partial charge on any atom is -0.390 e. The van der Waals surface area contributed by atoms with Gasteiger partial charge in [0.05, 0.1) is 18.3 Å². The van der Waals surface area contributed by atoms with Gasteiger partial charge in [-0.3, -0.25) is 18.9 Å². The number of aliphatic hydroxyl groups is 1. The molecular weight excluding hydrogens is 533 g/mol. The molecule has 0 amide bonds. The van der Waals surface area contributed by atoms with Crippen molar-refractivity contribution in [1.82, 2.24) is 9.55 Å². The normalized spacial score (nSPS) is 24.9. The molecular formula is C13H17N2O14P3S. The number of nitrogens with one attached hydrogen (secondary N) is 1. The number of hydrogen-bond acceptors (Lipinski definition) is 11. The van der Waals surface area contributed by atoms with E-state index in [0.29, 0.717) is 4.88 Å². The zero-order chi connectivity index (χ0) is 24.6. The van der Waals surface area contributed by atoms with E-state index in [1.165, 1.54) is 17.5 Å². The summed E-state index contributed by atoms with van der Waals surface area (Å²) in [6.07, 6.45) is -2.75. The van der Waals surface area contributed by atoms with E-state index in [-0.39, 0.29) is 12.0 Å². The molecule has 2 aromatic rings. The largest absolute Gasteiger partial charge is 0.490 e. The molecule has 20 heteroatoms. The molecule has 0 radical (unpaired) electrons. The summed E-state index contributed by atoms with van der Waals surface area (Å²) in [6, 6.07) is 3.35. The minimum atomic E-state index is -5.70. The van der Waals surface area contributed by atoms with Crippen LogP contribution in [-0.2, 0) is 31.6 Å². The van der Waals surface area contributed by atoms with E-state index >= 15 is 0 Å². The van der Waals surface area contributed by atoms with Gasteiger partial charge in [0.1, 0.15) is 12.3 Å². The quantitative estimate of drug-likeness (QED) is 0.229. The molecule has 2 unspecified atom stereocenters. The maximum atomic E-state index is 12.2. The van der Waals surface area contributed by atoms with E-state index in [0.717, 1.165) is 4.57 Å². The molecule has 1 aliphatic heterocycles. The fourth-order valence-electron chi connectivity index (χ4n) is 2.81. The van der Waals surface area contributed by atoms with Gasteiger partial charge in [-0.05, 0) is 11.4 Å². The summed E-state index contributed by atoms with van der Waals surface area (Å²) in [4.78, 5) is 62.7. The van der Waals surface area contributed by atoms with Crippen LogP contribution in [0.15, 0.2) is 33.3 Å². The fraction of sp³-hybridized carbons (Fsp3) is 0.385. The van der Waals surface area contributed by atoms with E-state index in [1.54, 1.807) is 17.5 Å². The van der Waals surface area contributed by atoms with E-state index in [4.69, 9.17) is 19.4 Å². The summed E-state index contributed by atoms with van der Waals surface area (Å²) in [7, 11) is -16.7. The SMILES string of the molecule is O=c1[nH]c(=O)n([C@H]2C[C@H](O)[C@@H](COP(=O)(O)OP(=O)(O)OP(=O)(O)O)O2)cc1-c1cccs1. The van der Waals surface area contributed by atoms with Crippen LogP contribution in [0.3, 0.4) is 0 Å². The Morgan fingerprint density at radius 1 is 1.15 bits per heavy atom. The van der Waals surface area contributed by atoms with Crippen molar-refractivity contribution in [2.24, 2.45) is 0 Å². The van der Waals surface area contributed by atoms with Crippen molar-refractivity contribution in [2.45, 2.75) is 24.9 Å². The molecule has 0 bridgehead atoms. The number of rotatable bonds is 9. The summed E-state index contributed by atoms with van der Waals surface area (Å²) < 4.78 is 51.9. The fourth-order valence-corrected chi connectivity index (χ4v) is 6.58. The molecule has 33 heavy (non-hydrogen) atoms. The molecule has 0 aromatic carbocycles. The average Bonchev–Trinajstić information content (AvgIpc) is 3.27. The first-order valence-corrected chi connectivity index (χ1v) is 14.1. The van der Waals surface area contributed by atoms with Gasteiger partial charge in [-0.2, -0.15) is 8.62 Å². The molecule has 1 fully saturated rings. The van der Waals surface area contributed by atoms with Gasteiger partial charge in [-0.1, -0.05) is 6.07 Å². The highest BCUT2D eigenvalue weighted by atomic mass is 32.1. The molecule has 1 saturated heterocycles. The molecule has 3 heterocycles. The van der Waals surface area contributed by atoms with E-state index in [9.17, 15) is 33.3 Å². The lowest BCUT2D eigenvalue weighted by molar-refractivity contribution is -0.0449. The van der Waals surface area contributed by atoms with Crippen molar-refractivity contribution >= 4 is 34.8 Å². The zero-order valence-corrected chi connectivity index (χ0v) is 19.6. The molecule has 0 spiro atoms. The minimum absolute atomic E-state index is 0.166. The first kappa shape index (κ1) is 26.3. The second kappa shape index (κ2) is 9.76. The molecule has 0 aliphatic carbocycles. The molecule has 3 rings (SSSR count). The lowest BCUT2D eigenvalue weighted by Gasteiger charge is -2.19. The number of phosphoric ester groups is 1. The van der Waals surface area contributed by atoms with Crippen LogP contribution >= 0.6 is 34.8 Å². The van der Waals surface area contributed by atoms with Gasteiger partial charge in [0.25, 0.3) is 5.56 Å². The summed E-state index contributed by atoms with van der Waals surface area (Å²) in [5.74, 6) is 0. The van der Waals surface area contributed by atoms with Crippen LogP contribution in [0.5, 0.6) is 0 Å². The Labute approximate surface area is 187 Å². The maximum Gasteiger partial charge on any atom is 0.490 e. The Morgan fingerprint density at radius 2 is 1.85 bits per heavy atom. The van der Waals surface area contributed by atoms with Gasteiger partial charge in [0.15, 0.2) is 0 Å². The highest BCUT2D eigenvalue weighted by Gasteiger charge is 2.43. The predicted octanol–water partition coefficient (Wildman–Crippen LogP) is 0.257. The smallest absolute Gasteiger partial charge is 0.390 e. The van der Waals surface area contributed by atoms with Crippen LogP contribution in [0.2, 0.25) is 0 Å². The van der Waals surface area contributed by atoms with Gasteiger partial charge in [-0.15, -0.1) is 11.3 Å². The van der Waals surface area contributed by atoms with E-state index < -0.39 is 59.8 Å². The summed E-state index contributed by atoms with van der Waals surface area (Å²) in [5.41, 5.74) is -1.31. The van der Waals surface area contributed by atoms with E-state index in [1.807, 2.05) is 0 Å². The number of phosphoric acid groups is 3. The Morgan fingerprint density at radius 3 is 2.45 bits per heavy atom. The highest BCUT2D eigenvalue weighted by molar-refractivity contribution is 7.66. The van der Waals surface area contributed by atoms with Crippen molar-refractivity contribution in [3.8, 4) is 10.4 Å². The Bertz CT molecular complexity index is 1250. The van der Waals surface area contributed by atoms with Gasteiger partial charge in [-0.25, -0.2) is 18.5 Å². The molecule has 1 aliphatic rings. The van der Waals surface area contributed by atoms with Gasteiger partial charge < -0.3 is 29.4 Å². The lowest BCUT2D eigenvalue weighted by atomic mass is 10.2. The lowest BCUT2D eigenvalue weighted by Crippen LogP contribution is -2.33. The van der Waals surface area contributed by atoms with Crippen molar-refractivity contribution in [2.75, 3.05) is 6.61 Å². The Kier molecular flexibility index (Phi) is 7.78. The molecule has 5 atom stereocenters. The third kappa shape index (κ3) is 7.10. The van der Waals surface area contributed by atoms with E-state index in [2.05, 4.69) is 18.1 Å². The number of nitrogens with zero attached hydrogens (tertiary/aromatic N) is 1. The van der Waals surface area contributed by atoms with Gasteiger partial charge >= 0.3 is 29.2 Å². The number of aromatic amines is 1. The Balaban J connectivity index is 1.69. The molecule has 6 N–H and O–H groups in total. The topological polar surface area (TPSA) is 244 Å². The first-order valence-electron chi connectivity index (χ1n) is 8.67. The monoisotopic (exact) mass is 550 g/mol.